The fraction of sp³-hybridized carbons (Fsp3) is 0.300. The number of aryl methyl sites for hydroxylation is 1. The van der Waals surface area contributed by atoms with Gasteiger partial charge in [-0.05, 0) is 29.3 Å². The van der Waals surface area contributed by atoms with Gasteiger partial charge in [-0.2, -0.15) is 0 Å². The lowest BCUT2D eigenvalue weighted by Gasteiger charge is -2.43. The minimum Gasteiger partial charge on any atom is -0.480 e. The zero-order valence-electron chi connectivity index (χ0n) is 15.3. The van der Waals surface area contributed by atoms with Crippen LogP contribution >= 0.6 is 0 Å². The third-order valence-corrected chi connectivity index (χ3v) is 5.10. The van der Waals surface area contributed by atoms with Crippen LogP contribution < -0.4 is 5.32 Å². The zero-order valence-corrected chi connectivity index (χ0v) is 15.3. The van der Waals surface area contributed by atoms with Crippen LogP contribution in [0.4, 0.5) is 0 Å². The number of carbonyl (C=O) groups excluding carboxylic acids is 2. The van der Waals surface area contributed by atoms with Crippen LogP contribution in [0.3, 0.4) is 0 Å². The Morgan fingerprint density at radius 1 is 1.00 bits per heavy atom. The molecule has 2 aromatic carbocycles. The van der Waals surface area contributed by atoms with Crippen LogP contribution in [-0.4, -0.2) is 58.5 Å². The van der Waals surface area contributed by atoms with Gasteiger partial charge < -0.3 is 20.4 Å². The number of nitrogens with zero attached hydrogens (tertiary/aromatic N) is 1. The number of likely N-dealkylation sites (tertiary alicyclic amines) is 1. The van der Waals surface area contributed by atoms with Crippen molar-refractivity contribution < 1.29 is 29.4 Å². The van der Waals surface area contributed by atoms with Gasteiger partial charge in [0.1, 0.15) is 0 Å². The van der Waals surface area contributed by atoms with Gasteiger partial charge in [0, 0.05) is 31.6 Å². The summed E-state index contributed by atoms with van der Waals surface area (Å²) in [5, 5.41) is 22.6. The first kappa shape index (κ1) is 19.3. The van der Waals surface area contributed by atoms with E-state index in [2.05, 4.69) is 5.32 Å². The minimum absolute atomic E-state index is 0.0369. The van der Waals surface area contributed by atoms with Gasteiger partial charge in [-0.1, -0.05) is 30.3 Å². The number of benzene rings is 2. The number of fused-ring (bicyclic) bond motifs is 1. The molecule has 0 atom stereocenters. The summed E-state index contributed by atoms with van der Waals surface area (Å²) in [6, 6.07) is 11.1. The lowest BCUT2D eigenvalue weighted by atomic mass is 9.79. The molecular weight excluding hydrogens is 364 g/mol. The molecule has 0 aliphatic carbocycles. The van der Waals surface area contributed by atoms with Crippen LogP contribution in [0.2, 0.25) is 0 Å². The topological polar surface area (TPSA) is 124 Å². The first-order valence-corrected chi connectivity index (χ1v) is 8.77. The second-order valence-electron chi connectivity index (χ2n) is 6.92. The summed E-state index contributed by atoms with van der Waals surface area (Å²) < 4.78 is 0. The first-order valence-electron chi connectivity index (χ1n) is 8.77. The number of hydrogen-bond donors (Lipinski definition) is 3. The molecule has 3 rings (SSSR count). The third-order valence-electron chi connectivity index (χ3n) is 5.10. The molecule has 0 saturated carbocycles. The molecule has 0 unspecified atom stereocenters. The van der Waals surface area contributed by atoms with Gasteiger partial charge in [0.2, 0.25) is 5.91 Å². The number of hydrogen-bond acceptors (Lipinski definition) is 4. The lowest BCUT2D eigenvalue weighted by Crippen LogP contribution is -2.66. The van der Waals surface area contributed by atoms with E-state index in [1.54, 1.807) is 6.07 Å². The van der Waals surface area contributed by atoms with Crippen LogP contribution in [0.1, 0.15) is 22.3 Å². The molecule has 1 fully saturated rings. The summed E-state index contributed by atoms with van der Waals surface area (Å²) in [5.74, 6) is -3.61. The molecule has 1 heterocycles. The SMILES string of the molecule is Cc1ccc(C(=O)NCCC(=O)N2CC(C(=O)O)(C(=O)O)C2)c2ccccc12. The molecule has 28 heavy (non-hydrogen) atoms. The van der Waals surface area contributed by atoms with Crippen molar-refractivity contribution in [2.24, 2.45) is 5.41 Å². The summed E-state index contributed by atoms with van der Waals surface area (Å²) in [6.07, 6.45) is -0.0369. The highest BCUT2D eigenvalue weighted by atomic mass is 16.4. The normalized spacial score (nSPS) is 15.0. The minimum atomic E-state index is -1.93. The van der Waals surface area contributed by atoms with Crippen molar-refractivity contribution in [1.82, 2.24) is 10.2 Å². The number of aliphatic carboxylic acids is 2. The summed E-state index contributed by atoms with van der Waals surface area (Å²) in [7, 11) is 0. The van der Waals surface area contributed by atoms with Crippen LogP contribution in [0.5, 0.6) is 0 Å². The number of carboxylic acids is 2. The van der Waals surface area contributed by atoms with Crippen molar-refractivity contribution in [2.75, 3.05) is 19.6 Å². The quantitative estimate of drug-likeness (QED) is 0.644. The predicted octanol–water partition coefficient (Wildman–Crippen LogP) is 1.27. The fourth-order valence-electron chi connectivity index (χ4n) is 3.33. The molecule has 146 valence electrons. The first-order chi connectivity index (χ1) is 13.3. The maximum absolute atomic E-state index is 12.5. The Morgan fingerprint density at radius 3 is 2.21 bits per heavy atom. The summed E-state index contributed by atoms with van der Waals surface area (Å²) in [5.41, 5.74) is -0.367. The monoisotopic (exact) mass is 384 g/mol. The number of carbonyl (C=O) groups is 4. The van der Waals surface area contributed by atoms with Gasteiger partial charge in [0.05, 0.1) is 0 Å². The van der Waals surface area contributed by atoms with E-state index in [1.807, 2.05) is 37.3 Å². The number of carboxylic acid groups (broad SMARTS) is 2. The van der Waals surface area contributed by atoms with E-state index < -0.39 is 23.3 Å². The average molecular weight is 384 g/mol. The van der Waals surface area contributed by atoms with Crippen molar-refractivity contribution in [3.05, 3.63) is 47.5 Å². The molecule has 8 nitrogen and oxygen atoms in total. The van der Waals surface area contributed by atoms with Crippen molar-refractivity contribution >= 4 is 34.5 Å². The Hall–Kier alpha value is -3.42. The molecular formula is C20H20N2O6. The van der Waals surface area contributed by atoms with Crippen molar-refractivity contribution in [1.29, 1.82) is 0 Å². The Bertz CT molecular complexity index is 962. The van der Waals surface area contributed by atoms with Crippen molar-refractivity contribution in [3.8, 4) is 0 Å². The van der Waals surface area contributed by atoms with Crippen molar-refractivity contribution in [2.45, 2.75) is 13.3 Å². The molecule has 2 amide bonds. The third kappa shape index (κ3) is 3.28. The standard InChI is InChI=1S/C20H20N2O6/c1-12-6-7-15(14-5-3-2-4-13(12)14)17(24)21-9-8-16(23)22-10-20(11-22,18(25)26)19(27)28/h2-7H,8-11H2,1H3,(H,21,24)(H,25,26)(H,27,28). The maximum Gasteiger partial charge on any atom is 0.324 e. The van der Waals surface area contributed by atoms with Crippen LogP contribution in [-0.2, 0) is 14.4 Å². The molecule has 3 N–H and O–H groups in total. The molecule has 0 radical (unpaired) electrons. The van der Waals surface area contributed by atoms with Gasteiger partial charge >= 0.3 is 11.9 Å². The lowest BCUT2D eigenvalue weighted by molar-refractivity contribution is -0.180. The molecule has 2 aromatic rings. The van der Waals surface area contributed by atoms with Crippen molar-refractivity contribution in [3.63, 3.8) is 0 Å². The number of amides is 2. The van der Waals surface area contributed by atoms with E-state index in [-0.39, 0.29) is 32.0 Å². The highest BCUT2D eigenvalue weighted by molar-refractivity contribution is 6.08. The van der Waals surface area contributed by atoms with Crippen LogP contribution in [0.25, 0.3) is 10.8 Å². The molecule has 1 aliphatic rings. The van der Waals surface area contributed by atoms with Gasteiger partial charge in [-0.25, -0.2) is 0 Å². The smallest absolute Gasteiger partial charge is 0.324 e. The molecule has 0 spiro atoms. The van der Waals surface area contributed by atoms with E-state index in [9.17, 15) is 19.2 Å². The fourth-order valence-corrected chi connectivity index (χ4v) is 3.33. The van der Waals surface area contributed by atoms with E-state index >= 15 is 0 Å². The summed E-state index contributed by atoms with van der Waals surface area (Å²) in [6.45, 7) is 1.30. The zero-order chi connectivity index (χ0) is 20.5. The van der Waals surface area contributed by atoms with Crippen LogP contribution in [0.15, 0.2) is 36.4 Å². The van der Waals surface area contributed by atoms with Gasteiger partial charge in [-0.15, -0.1) is 0 Å². The molecule has 0 aromatic heterocycles. The van der Waals surface area contributed by atoms with Crippen LogP contribution in [0, 0.1) is 12.3 Å². The molecule has 1 saturated heterocycles. The molecule has 1 aliphatic heterocycles. The Morgan fingerprint density at radius 2 is 1.61 bits per heavy atom. The highest BCUT2D eigenvalue weighted by Crippen LogP contribution is 2.31. The largest absolute Gasteiger partial charge is 0.480 e. The van der Waals surface area contributed by atoms with Gasteiger partial charge in [0.25, 0.3) is 5.91 Å². The second kappa shape index (κ2) is 7.30. The van der Waals surface area contributed by atoms with E-state index in [0.717, 1.165) is 16.3 Å². The van der Waals surface area contributed by atoms with E-state index in [4.69, 9.17) is 10.2 Å². The highest BCUT2D eigenvalue weighted by Gasteiger charge is 2.57. The summed E-state index contributed by atoms with van der Waals surface area (Å²) >= 11 is 0. The Balaban J connectivity index is 1.57. The van der Waals surface area contributed by atoms with E-state index in [1.165, 1.54) is 4.90 Å². The molecule has 0 bridgehead atoms. The maximum atomic E-state index is 12.5. The predicted molar refractivity (Wildman–Crippen MR) is 99.9 cm³/mol. The molecule has 8 heteroatoms. The second-order valence-corrected chi connectivity index (χ2v) is 6.92. The van der Waals surface area contributed by atoms with Gasteiger partial charge in [-0.3, -0.25) is 19.2 Å². The Labute approximate surface area is 160 Å². The van der Waals surface area contributed by atoms with E-state index in [0.29, 0.717) is 5.56 Å². The average Bonchev–Trinajstić information content (AvgIpc) is 2.60. The number of nitrogens with one attached hydrogen (secondary N) is 1. The summed E-state index contributed by atoms with van der Waals surface area (Å²) in [4.78, 5) is 48.1. The Kier molecular flexibility index (Phi) is 5.04. The van der Waals surface area contributed by atoms with Gasteiger partial charge in [0.15, 0.2) is 5.41 Å². The number of rotatable bonds is 6.